The van der Waals surface area contributed by atoms with Crippen molar-refractivity contribution in [3.05, 3.63) is 0 Å². The average Bonchev–Trinajstić information content (AvgIpc) is 2.00. The molecule has 0 heterocycles. The lowest BCUT2D eigenvalue weighted by molar-refractivity contribution is -0.124. The van der Waals surface area contributed by atoms with Gasteiger partial charge >= 0.3 is 0 Å². The first-order valence-electron chi connectivity index (χ1n) is 2.69. The Kier molecular flexibility index (Phi) is 4.55. The number of carbonyl (C=O) groups is 1. The molecule has 0 amide bonds. The van der Waals surface area contributed by atoms with Gasteiger partial charge in [-0.15, -0.1) is 11.6 Å². The van der Waals surface area contributed by atoms with E-state index >= 15 is 0 Å². The van der Waals surface area contributed by atoms with E-state index in [2.05, 4.69) is 0 Å². The third-order valence-electron chi connectivity index (χ3n) is 1.04. The fourth-order valence-electron chi connectivity index (χ4n) is 0.399. The smallest absolute Gasteiger partial charge is 0.151 e. The van der Waals surface area contributed by atoms with Crippen molar-refractivity contribution in [3.63, 3.8) is 0 Å². The molecule has 0 spiro atoms. The molecule has 5 heteroatoms. The Morgan fingerprint density at radius 1 is 1.40 bits per heavy atom. The van der Waals surface area contributed by atoms with Crippen LogP contribution in [-0.4, -0.2) is 45.8 Å². The minimum atomic E-state index is -1.56. The van der Waals surface area contributed by atoms with Crippen LogP contribution in [0.3, 0.4) is 0 Å². The number of rotatable bonds is 4. The van der Waals surface area contributed by atoms with Crippen molar-refractivity contribution in [3.8, 4) is 0 Å². The Bertz CT molecular complexity index is 108. The highest BCUT2D eigenvalue weighted by atomic mass is 35.5. The Hall–Kier alpha value is -0.160. The van der Waals surface area contributed by atoms with Crippen LogP contribution in [0.1, 0.15) is 0 Å². The first-order chi connectivity index (χ1) is 4.63. The maximum absolute atomic E-state index is 9.80. The van der Waals surface area contributed by atoms with E-state index < -0.39 is 18.3 Å². The lowest BCUT2D eigenvalue weighted by atomic mass is 10.1. The first kappa shape index (κ1) is 9.84. The fraction of sp³-hybridized carbons (Fsp3) is 0.800. The predicted octanol–water partition coefficient (Wildman–Crippen LogP) is -1.49. The van der Waals surface area contributed by atoms with Gasteiger partial charge in [0, 0.05) is 0 Å². The van der Waals surface area contributed by atoms with E-state index in [1.165, 1.54) is 0 Å². The quantitative estimate of drug-likeness (QED) is 0.353. The Morgan fingerprint density at radius 2 is 1.90 bits per heavy atom. The van der Waals surface area contributed by atoms with Crippen molar-refractivity contribution < 1.29 is 20.1 Å². The molecule has 0 rings (SSSR count). The number of hydrogen-bond donors (Lipinski definition) is 3. The number of aldehydes is 1. The second-order valence-electron chi connectivity index (χ2n) is 1.84. The number of hydrogen-bond acceptors (Lipinski definition) is 4. The molecular weight excluding hydrogens is 160 g/mol. The van der Waals surface area contributed by atoms with Gasteiger partial charge in [0.1, 0.15) is 12.2 Å². The van der Waals surface area contributed by atoms with Crippen molar-refractivity contribution in [1.29, 1.82) is 0 Å². The van der Waals surface area contributed by atoms with Gasteiger partial charge in [-0.1, -0.05) is 0 Å². The van der Waals surface area contributed by atoms with Gasteiger partial charge < -0.3 is 20.1 Å². The molecule has 3 N–H and O–H groups in total. The van der Waals surface area contributed by atoms with Gasteiger partial charge in [0.25, 0.3) is 0 Å². The van der Waals surface area contributed by atoms with Gasteiger partial charge in [-0.05, 0) is 0 Å². The van der Waals surface area contributed by atoms with Crippen molar-refractivity contribution in [1.82, 2.24) is 0 Å². The molecule has 60 valence electrons. The summed E-state index contributed by atoms with van der Waals surface area (Å²) in [7, 11) is 0. The van der Waals surface area contributed by atoms with E-state index in [-0.39, 0.29) is 12.2 Å². The fourth-order valence-corrected chi connectivity index (χ4v) is 0.582. The molecule has 0 fully saturated rings. The average molecular weight is 169 g/mol. The van der Waals surface area contributed by atoms with Crippen molar-refractivity contribution in [2.75, 3.05) is 5.88 Å². The first-order valence-corrected chi connectivity index (χ1v) is 3.22. The molecule has 0 aromatic carbocycles. The summed E-state index contributed by atoms with van der Waals surface area (Å²) in [5.41, 5.74) is 0. The summed E-state index contributed by atoms with van der Waals surface area (Å²) < 4.78 is 0. The van der Waals surface area contributed by atoms with Crippen LogP contribution >= 0.6 is 11.6 Å². The SMILES string of the molecule is O=C[C@H](O)[C@H](O)[C@H](O)CCl. The Labute approximate surface area is 63.0 Å². The van der Waals surface area contributed by atoms with E-state index in [9.17, 15) is 4.79 Å². The van der Waals surface area contributed by atoms with Gasteiger partial charge in [0.2, 0.25) is 0 Å². The van der Waals surface area contributed by atoms with E-state index in [4.69, 9.17) is 26.9 Å². The summed E-state index contributed by atoms with van der Waals surface area (Å²) >= 11 is 5.11. The van der Waals surface area contributed by atoms with Crippen LogP contribution in [-0.2, 0) is 4.79 Å². The summed E-state index contributed by atoms with van der Waals surface area (Å²) in [6.07, 6.45) is -4.17. The molecule has 10 heavy (non-hydrogen) atoms. The molecule has 4 nitrogen and oxygen atoms in total. The van der Waals surface area contributed by atoms with Crippen LogP contribution in [0.15, 0.2) is 0 Å². The molecule has 0 aliphatic heterocycles. The second kappa shape index (κ2) is 4.62. The molecule has 0 aliphatic rings. The van der Waals surface area contributed by atoms with Gasteiger partial charge in [-0.25, -0.2) is 0 Å². The third kappa shape index (κ3) is 2.62. The number of alkyl halides is 1. The van der Waals surface area contributed by atoms with Crippen LogP contribution < -0.4 is 0 Å². The van der Waals surface area contributed by atoms with Crippen LogP contribution in [0.2, 0.25) is 0 Å². The third-order valence-corrected chi connectivity index (χ3v) is 1.36. The topological polar surface area (TPSA) is 77.8 Å². The lowest BCUT2D eigenvalue weighted by Crippen LogP contribution is -2.39. The van der Waals surface area contributed by atoms with E-state index in [1.807, 2.05) is 0 Å². The maximum atomic E-state index is 9.80. The van der Waals surface area contributed by atoms with Gasteiger partial charge in [-0.2, -0.15) is 0 Å². The molecule has 0 unspecified atom stereocenters. The molecule has 0 saturated heterocycles. The van der Waals surface area contributed by atoms with Gasteiger partial charge in [0.15, 0.2) is 6.29 Å². The summed E-state index contributed by atoms with van der Waals surface area (Å²) in [6, 6.07) is 0. The van der Waals surface area contributed by atoms with Crippen molar-refractivity contribution in [2.45, 2.75) is 18.3 Å². The normalized spacial score (nSPS) is 19.6. The highest BCUT2D eigenvalue weighted by Gasteiger charge is 2.22. The monoisotopic (exact) mass is 168 g/mol. The van der Waals surface area contributed by atoms with Crippen LogP contribution in [0.25, 0.3) is 0 Å². The highest BCUT2D eigenvalue weighted by Crippen LogP contribution is 1.99. The Morgan fingerprint density at radius 3 is 2.20 bits per heavy atom. The number of halogens is 1. The molecular formula is C5H9ClO4. The van der Waals surface area contributed by atoms with Gasteiger partial charge in [-0.3, -0.25) is 0 Å². The molecule has 0 radical (unpaired) electrons. The van der Waals surface area contributed by atoms with Crippen LogP contribution in [0.5, 0.6) is 0 Å². The van der Waals surface area contributed by atoms with Crippen LogP contribution in [0, 0.1) is 0 Å². The zero-order valence-corrected chi connectivity index (χ0v) is 5.90. The zero-order chi connectivity index (χ0) is 8.15. The molecule has 0 aromatic rings. The molecule has 0 aromatic heterocycles. The number of aliphatic hydroxyl groups is 3. The molecule has 0 saturated carbocycles. The largest absolute Gasteiger partial charge is 0.389 e. The summed E-state index contributed by atoms with van der Waals surface area (Å²) in [6.45, 7) is 0. The van der Waals surface area contributed by atoms with Crippen LogP contribution in [0.4, 0.5) is 0 Å². The standard InChI is InChI=1S/C5H9ClO4/c6-1-3(8)5(10)4(9)2-7/h2-5,8-10H,1H2/t3-,4+,5-/m1/s1. The summed E-state index contributed by atoms with van der Waals surface area (Å²) in [5, 5.41) is 26.1. The molecule has 3 atom stereocenters. The second-order valence-corrected chi connectivity index (χ2v) is 2.15. The molecule has 0 bridgehead atoms. The van der Waals surface area contributed by atoms with E-state index in [0.29, 0.717) is 0 Å². The number of aliphatic hydroxyl groups excluding tert-OH is 3. The van der Waals surface area contributed by atoms with E-state index in [1.54, 1.807) is 0 Å². The van der Waals surface area contributed by atoms with Crippen molar-refractivity contribution >= 4 is 17.9 Å². The van der Waals surface area contributed by atoms with E-state index in [0.717, 1.165) is 0 Å². The Balaban J connectivity index is 3.80. The summed E-state index contributed by atoms with van der Waals surface area (Å²) in [4.78, 5) is 9.80. The predicted molar refractivity (Wildman–Crippen MR) is 34.8 cm³/mol. The van der Waals surface area contributed by atoms with Crippen molar-refractivity contribution in [2.24, 2.45) is 0 Å². The lowest BCUT2D eigenvalue weighted by Gasteiger charge is -2.16. The summed E-state index contributed by atoms with van der Waals surface area (Å²) in [5.74, 6) is -0.216. The maximum Gasteiger partial charge on any atom is 0.151 e. The molecule has 0 aliphatic carbocycles. The zero-order valence-electron chi connectivity index (χ0n) is 5.14. The minimum Gasteiger partial charge on any atom is -0.389 e. The highest BCUT2D eigenvalue weighted by molar-refractivity contribution is 6.18. The minimum absolute atomic E-state index is 0.139. The van der Waals surface area contributed by atoms with Gasteiger partial charge in [0.05, 0.1) is 12.0 Å². The number of carbonyl (C=O) groups excluding carboxylic acids is 1.